The molecule has 2 aromatic rings. The number of nitrogens with one attached hydrogen (secondary N) is 1. The first kappa shape index (κ1) is 14.8. The number of nitrogens with zero attached hydrogens (tertiary/aromatic N) is 1. The van der Waals surface area contributed by atoms with Gasteiger partial charge >= 0.3 is 0 Å². The van der Waals surface area contributed by atoms with Gasteiger partial charge in [-0.15, -0.1) is 0 Å². The molecule has 0 atom stereocenters. The first-order chi connectivity index (χ1) is 9.06. The highest BCUT2D eigenvalue weighted by atomic mass is 127. The predicted molar refractivity (Wildman–Crippen MR) is 86.2 cm³/mol. The van der Waals surface area contributed by atoms with Crippen LogP contribution in [0.4, 0.5) is 0 Å². The number of rotatable bonds is 5. The first-order valence-electron chi connectivity index (χ1n) is 6.17. The van der Waals surface area contributed by atoms with Crippen molar-refractivity contribution in [1.29, 1.82) is 0 Å². The zero-order valence-corrected chi connectivity index (χ0v) is 13.8. The van der Waals surface area contributed by atoms with Gasteiger partial charge in [0, 0.05) is 9.13 Å². The molecular weight excluding hydrogens is 375 g/mol. The van der Waals surface area contributed by atoms with Crippen molar-refractivity contribution in [2.75, 3.05) is 6.54 Å². The Bertz CT molecular complexity index is 554. The number of halogens is 2. The smallest absolute Gasteiger partial charge is 0.208 e. The van der Waals surface area contributed by atoms with Crippen LogP contribution in [0.25, 0.3) is 11.3 Å². The van der Waals surface area contributed by atoms with E-state index in [1.54, 1.807) is 6.20 Å². The summed E-state index contributed by atoms with van der Waals surface area (Å²) in [5, 5.41) is 4.03. The van der Waals surface area contributed by atoms with Gasteiger partial charge in [-0.1, -0.05) is 31.5 Å². The third kappa shape index (κ3) is 4.19. The van der Waals surface area contributed by atoms with E-state index in [9.17, 15) is 0 Å². The number of oxazole rings is 1. The van der Waals surface area contributed by atoms with E-state index in [-0.39, 0.29) is 0 Å². The standard InChI is InChI=1S/C14H16ClIN2O/c1-9(2)6-17-8-14-18-7-13(19-14)10-3-4-12(16)11(15)5-10/h3-5,7,9,17H,6,8H2,1-2H3. The van der Waals surface area contributed by atoms with E-state index in [0.29, 0.717) is 18.4 Å². The fraction of sp³-hybridized carbons (Fsp3) is 0.357. The van der Waals surface area contributed by atoms with E-state index in [1.165, 1.54) is 0 Å². The first-order valence-corrected chi connectivity index (χ1v) is 7.63. The molecule has 0 bridgehead atoms. The van der Waals surface area contributed by atoms with Crippen LogP contribution in [-0.2, 0) is 6.54 Å². The average Bonchev–Trinajstić information content (AvgIpc) is 2.81. The molecule has 1 N–H and O–H groups in total. The van der Waals surface area contributed by atoms with Crippen LogP contribution in [-0.4, -0.2) is 11.5 Å². The van der Waals surface area contributed by atoms with Crippen molar-refractivity contribution in [2.45, 2.75) is 20.4 Å². The maximum atomic E-state index is 6.11. The third-order valence-electron chi connectivity index (χ3n) is 2.59. The van der Waals surface area contributed by atoms with Gasteiger partial charge in [0.2, 0.25) is 5.89 Å². The number of aromatic nitrogens is 1. The van der Waals surface area contributed by atoms with E-state index in [1.807, 2.05) is 18.2 Å². The van der Waals surface area contributed by atoms with Crippen molar-refractivity contribution in [2.24, 2.45) is 5.92 Å². The summed E-state index contributed by atoms with van der Waals surface area (Å²) in [6.45, 7) is 5.94. The lowest BCUT2D eigenvalue weighted by Crippen LogP contribution is -2.18. The molecule has 0 spiro atoms. The lowest BCUT2D eigenvalue weighted by atomic mass is 10.2. The Morgan fingerprint density at radius 2 is 2.21 bits per heavy atom. The van der Waals surface area contributed by atoms with E-state index in [4.69, 9.17) is 16.0 Å². The minimum atomic E-state index is 0.615. The molecule has 19 heavy (non-hydrogen) atoms. The minimum Gasteiger partial charge on any atom is -0.439 e. The second kappa shape index (κ2) is 6.72. The van der Waals surface area contributed by atoms with Crippen LogP contribution in [0.3, 0.4) is 0 Å². The Kier molecular flexibility index (Phi) is 5.24. The zero-order valence-electron chi connectivity index (χ0n) is 10.9. The molecule has 5 heteroatoms. The summed E-state index contributed by atoms with van der Waals surface area (Å²) >= 11 is 8.31. The monoisotopic (exact) mass is 390 g/mol. The van der Waals surface area contributed by atoms with Gasteiger partial charge < -0.3 is 9.73 Å². The quantitative estimate of drug-likeness (QED) is 0.772. The summed E-state index contributed by atoms with van der Waals surface area (Å²) < 4.78 is 6.74. The summed E-state index contributed by atoms with van der Waals surface area (Å²) in [4.78, 5) is 4.27. The summed E-state index contributed by atoms with van der Waals surface area (Å²) in [5.41, 5.74) is 0.952. The number of hydrogen-bond acceptors (Lipinski definition) is 3. The molecule has 0 unspecified atom stereocenters. The Labute approximate surface area is 131 Å². The molecule has 0 amide bonds. The fourth-order valence-corrected chi connectivity index (χ4v) is 2.16. The van der Waals surface area contributed by atoms with Crippen molar-refractivity contribution >= 4 is 34.2 Å². The van der Waals surface area contributed by atoms with Crippen LogP contribution in [0.5, 0.6) is 0 Å². The van der Waals surface area contributed by atoms with E-state index < -0.39 is 0 Å². The summed E-state index contributed by atoms with van der Waals surface area (Å²) in [6, 6.07) is 5.85. The molecule has 0 aliphatic carbocycles. The molecule has 2 rings (SSSR count). The van der Waals surface area contributed by atoms with Gasteiger partial charge in [0.1, 0.15) is 0 Å². The Morgan fingerprint density at radius 1 is 1.42 bits per heavy atom. The van der Waals surface area contributed by atoms with Gasteiger partial charge in [0.15, 0.2) is 5.76 Å². The van der Waals surface area contributed by atoms with Gasteiger partial charge in [-0.25, -0.2) is 4.98 Å². The maximum absolute atomic E-state index is 6.11. The molecule has 0 radical (unpaired) electrons. The van der Waals surface area contributed by atoms with Crippen molar-refractivity contribution in [3.05, 3.63) is 38.9 Å². The molecule has 0 saturated carbocycles. The third-order valence-corrected chi connectivity index (χ3v) is 4.16. The van der Waals surface area contributed by atoms with Crippen molar-refractivity contribution in [1.82, 2.24) is 10.3 Å². The fourth-order valence-electron chi connectivity index (χ4n) is 1.64. The molecule has 1 aromatic carbocycles. The van der Waals surface area contributed by atoms with Crippen LogP contribution >= 0.6 is 34.2 Å². The lowest BCUT2D eigenvalue weighted by Gasteiger charge is -2.04. The summed E-state index contributed by atoms with van der Waals surface area (Å²) in [6.07, 6.45) is 1.74. The second-order valence-electron chi connectivity index (χ2n) is 4.77. The average molecular weight is 391 g/mol. The summed E-state index contributed by atoms with van der Waals surface area (Å²) in [5.74, 6) is 2.06. The van der Waals surface area contributed by atoms with Crippen LogP contribution in [0, 0.1) is 9.49 Å². The molecule has 0 aliphatic heterocycles. The molecule has 0 saturated heterocycles. The van der Waals surface area contributed by atoms with Crippen LogP contribution < -0.4 is 5.32 Å². The molecule has 1 heterocycles. The highest BCUT2D eigenvalue weighted by Gasteiger charge is 2.08. The lowest BCUT2D eigenvalue weighted by molar-refractivity contribution is 0.459. The van der Waals surface area contributed by atoms with Gasteiger partial charge in [-0.05, 0) is 47.2 Å². The van der Waals surface area contributed by atoms with Gasteiger partial charge in [-0.3, -0.25) is 0 Å². The molecule has 1 aromatic heterocycles. The highest BCUT2D eigenvalue weighted by Crippen LogP contribution is 2.27. The SMILES string of the molecule is CC(C)CNCc1ncc(-c2ccc(I)c(Cl)c2)o1. The van der Waals surface area contributed by atoms with E-state index >= 15 is 0 Å². The van der Waals surface area contributed by atoms with E-state index in [0.717, 1.165) is 26.5 Å². The Balaban J connectivity index is 2.05. The normalized spacial score (nSPS) is 11.2. The molecule has 0 fully saturated rings. The molecule has 3 nitrogen and oxygen atoms in total. The zero-order chi connectivity index (χ0) is 13.8. The van der Waals surface area contributed by atoms with Crippen molar-refractivity contribution in [3.63, 3.8) is 0 Å². The molecule has 0 aliphatic rings. The Morgan fingerprint density at radius 3 is 2.89 bits per heavy atom. The largest absolute Gasteiger partial charge is 0.439 e. The molecule has 102 valence electrons. The second-order valence-corrected chi connectivity index (χ2v) is 6.34. The van der Waals surface area contributed by atoms with Gasteiger partial charge in [0.25, 0.3) is 0 Å². The number of benzene rings is 1. The van der Waals surface area contributed by atoms with Crippen molar-refractivity contribution < 1.29 is 4.42 Å². The summed E-state index contributed by atoms with van der Waals surface area (Å²) in [7, 11) is 0. The maximum Gasteiger partial charge on any atom is 0.208 e. The topological polar surface area (TPSA) is 38.1 Å². The minimum absolute atomic E-state index is 0.615. The van der Waals surface area contributed by atoms with Gasteiger partial charge in [0.05, 0.1) is 17.8 Å². The van der Waals surface area contributed by atoms with Crippen molar-refractivity contribution in [3.8, 4) is 11.3 Å². The van der Waals surface area contributed by atoms with Crippen LogP contribution in [0.1, 0.15) is 19.7 Å². The van der Waals surface area contributed by atoms with Gasteiger partial charge in [-0.2, -0.15) is 0 Å². The Hall–Kier alpha value is -0.590. The highest BCUT2D eigenvalue weighted by molar-refractivity contribution is 14.1. The predicted octanol–water partition coefficient (Wildman–Crippen LogP) is 4.35. The molecular formula is C14H16ClIN2O. The number of hydrogen-bond donors (Lipinski definition) is 1. The van der Waals surface area contributed by atoms with Crippen LogP contribution in [0.2, 0.25) is 5.02 Å². The van der Waals surface area contributed by atoms with Crippen LogP contribution in [0.15, 0.2) is 28.8 Å². The van der Waals surface area contributed by atoms with E-state index in [2.05, 4.69) is 46.7 Å².